The van der Waals surface area contributed by atoms with Gasteiger partial charge in [-0.1, -0.05) is 0 Å². The Morgan fingerprint density at radius 2 is 1.47 bits per heavy atom. The molecular weight excluding hydrogens is 379 g/mol. The predicted molar refractivity (Wildman–Crippen MR) is 84.5 cm³/mol. The second-order valence-corrected chi connectivity index (χ2v) is 30.7. The van der Waals surface area contributed by atoms with Gasteiger partial charge in [-0.15, -0.1) is 0 Å². The zero-order valence-corrected chi connectivity index (χ0v) is 16.4. The van der Waals surface area contributed by atoms with Gasteiger partial charge in [0.25, 0.3) is 0 Å². The van der Waals surface area contributed by atoms with Gasteiger partial charge in [0.1, 0.15) is 0 Å². The van der Waals surface area contributed by atoms with Crippen LogP contribution < -0.4 is 0 Å². The summed E-state index contributed by atoms with van der Waals surface area (Å²) in [4.78, 5) is 2.51. The molecule has 0 amide bonds. The van der Waals surface area contributed by atoms with Crippen molar-refractivity contribution in [2.45, 2.75) is 52.8 Å². The summed E-state index contributed by atoms with van der Waals surface area (Å²) in [5.41, 5.74) is 1.75. The summed E-state index contributed by atoms with van der Waals surface area (Å²) >= 11 is 1.94. The zero-order chi connectivity index (χ0) is 13.3. The van der Waals surface area contributed by atoms with Crippen LogP contribution in [-0.4, -0.2) is 16.2 Å². The van der Waals surface area contributed by atoms with Gasteiger partial charge in [-0.05, 0) is 0 Å². The number of rotatable bonds is 3. The van der Waals surface area contributed by atoms with Crippen LogP contribution >= 0.6 is 12.7 Å². The molecule has 0 N–H and O–H groups in total. The van der Waals surface area contributed by atoms with Crippen LogP contribution in [0.3, 0.4) is 0 Å². The molecule has 1 unspecified atom stereocenters. The average Bonchev–Trinajstić information content (AvgIpc) is 2.15. The van der Waals surface area contributed by atoms with E-state index >= 15 is 0 Å². The van der Waals surface area contributed by atoms with Crippen molar-refractivity contribution in [1.82, 2.24) is 0 Å². The molecule has 1 aromatic rings. The summed E-state index contributed by atoms with van der Waals surface area (Å²) < 4.78 is 1.79. The van der Waals surface area contributed by atoms with Crippen molar-refractivity contribution in [3.8, 4) is 0 Å². The van der Waals surface area contributed by atoms with Crippen molar-refractivity contribution < 1.29 is 0 Å². The van der Waals surface area contributed by atoms with Crippen LogP contribution in [-0.2, 0) is 5.41 Å². The Kier molecular flexibility index (Phi) is 4.80. The third kappa shape index (κ3) is 3.99. The van der Waals surface area contributed by atoms with Crippen LogP contribution in [0.1, 0.15) is 40.2 Å². The van der Waals surface area contributed by atoms with Crippen LogP contribution in [0, 0.1) is 0 Å². The second-order valence-electron chi connectivity index (χ2n) is 6.87. The van der Waals surface area contributed by atoms with E-state index in [2.05, 4.69) is 82.6 Å². The first-order chi connectivity index (χ1) is 7.56. The normalized spacial score (nSPS) is 16.6. The summed E-state index contributed by atoms with van der Waals surface area (Å²) in [5, 5.41) is 0. The summed E-state index contributed by atoms with van der Waals surface area (Å²) in [6.07, 6.45) is 0. The summed E-state index contributed by atoms with van der Waals surface area (Å²) in [6.45, 7) is 11.9. The standard InChI is InChI=1S/C10H13.C4H9.CH3.BrH.Sn/c1-10(2,3)9-7-5-4-6-8-9;1-4(2)3;;;/h4-8H,1H2,2-3H3;1-3H3;1H3;1H;/q;;;;+1/p-1. The fourth-order valence-electron chi connectivity index (χ4n) is 2.09. The Labute approximate surface area is 117 Å². The van der Waals surface area contributed by atoms with Gasteiger partial charge < -0.3 is 0 Å². The minimum atomic E-state index is -2.20. The molecule has 0 aliphatic carbocycles. The predicted octanol–water partition coefficient (Wildman–Crippen LogP) is 5.73. The Morgan fingerprint density at radius 3 is 1.88 bits per heavy atom. The maximum absolute atomic E-state index is 4.15. The molecular formula is C15H25BrSn. The van der Waals surface area contributed by atoms with Crippen molar-refractivity contribution in [3.05, 3.63) is 35.9 Å². The molecule has 0 aliphatic rings. The third-order valence-corrected chi connectivity index (χ3v) is 27.1. The molecule has 0 spiro atoms. The van der Waals surface area contributed by atoms with Gasteiger partial charge in [0.2, 0.25) is 0 Å². The van der Waals surface area contributed by atoms with Crippen molar-refractivity contribution in [3.63, 3.8) is 0 Å². The summed E-state index contributed by atoms with van der Waals surface area (Å²) in [6, 6.07) is 10.9. The number of halogens is 1. The Bertz CT molecular complexity index is 360. The first kappa shape index (κ1) is 15.6. The van der Waals surface area contributed by atoms with Gasteiger partial charge in [-0.2, -0.15) is 0 Å². The molecule has 0 radical (unpaired) electrons. The van der Waals surface area contributed by atoms with E-state index in [9.17, 15) is 0 Å². The van der Waals surface area contributed by atoms with Crippen molar-refractivity contribution in [1.29, 1.82) is 0 Å². The van der Waals surface area contributed by atoms with E-state index in [1.54, 1.807) is 0 Å². The van der Waals surface area contributed by atoms with E-state index in [1.807, 2.05) is 0 Å². The van der Waals surface area contributed by atoms with Gasteiger partial charge in [-0.3, -0.25) is 0 Å². The van der Waals surface area contributed by atoms with Crippen LogP contribution in [0.15, 0.2) is 30.3 Å². The molecule has 0 saturated heterocycles. The minimum absolute atomic E-state index is 0.281. The second kappa shape index (κ2) is 5.24. The molecule has 0 aromatic heterocycles. The van der Waals surface area contributed by atoms with E-state index in [0.717, 1.165) is 0 Å². The fourth-order valence-corrected chi connectivity index (χ4v) is 13.6. The molecule has 0 saturated carbocycles. The first-order valence-electron chi connectivity index (χ1n) is 6.31. The number of benzene rings is 1. The summed E-state index contributed by atoms with van der Waals surface area (Å²) in [7, 11) is 0. The molecule has 0 heterocycles. The fraction of sp³-hybridized carbons (Fsp3) is 0.600. The molecule has 2 heteroatoms. The van der Waals surface area contributed by atoms with E-state index < -0.39 is 16.2 Å². The third-order valence-electron chi connectivity index (χ3n) is 3.89. The molecule has 1 rings (SSSR count). The first-order valence-corrected chi connectivity index (χ1v) is 19.0. The van der Waals surface area contributed by atoms with Gasteiger partial charge in [0.05, 0.1) is 0 Å². The molecule has 0 nitrogen and oxygen atoms in total. The van der Waals surface area contributed by atoms with Crippen molar-refractivity contribution in [2.24, 2.45) is 0 Å². The topological polar surface area (TPSA) is 0 Å². The molecule has 0 fully saturated rings. The molecule has 17 heavy (non-hydrogen) atoms. The maximum atomic E-state index is 4.15. The van der Waals surface area contributed by atoms with Gasteiger partial charge in [0, 0.05) is 0 Å². The Balaban J connectivity index is 2.95. The van der Waals surface area contributed by atoms with E-state index in [4.69, 9.17) is 0 Å². The number of hydrogen-bond donors (Lipinski definition) is 0. The van der Waals surface area contributed by atoms with Gasteiger partial charge in [0.15, 0.2) is 0 Å². The molecule has 0 bridgehead atoms. The van der Waals surface area contributed by atoms with E-state index in [-0.39, 0.29) is 5.41 Å². The van der Waals surface area contributed by atoms with Crippen LogP contribution in [0.2, 0.25) is 12.8 Å². The van der Waals surface area contributed by atoms with Crippen molar-refractivity contribution >= 4 is 28.9 Å². The van der Waals surface area contributed by atoms with Crippen LogP contribution in [0.25, 0.3) is 0 Å². The Morgan fingerprint density at radius 1 is 1.00 bits per heavy atom. The zero-order valence-electron chi connectivity index (χ0n) is 12.0. The van der Waals surface area contributed by atoms with E-state index in [1.165, 1.54) is 10.0 Å². The quantitative estimate of drug-likeness (QED) is 0.565. The summed E-state index contributed by atoms with van der Waals surface area (Å²) in [5.74, 6) is 0. The van der Waals surface area contributed by atoms with Gasteiger partial charge >= 0.3 is 118 Å². The molecule has 96 valence electrons. The monoisotopic (exact) mass is 404 g/mol. The number of hydrogen-bond acceptors (Lipinski definition) is 0. The molecule has 1 atom stereocenters. The SMILES string of the molecule is CC(C)([CH2][Sn]([CH3])([Br])[C](C)(C)C)c1ccccc1. The average molecular weight is 404 g/mol. The molecule has 0 aliphatic heterocycles. The van der Waals surface area contributed by atoms with Crippen molar-refractivity contribution in [2.75, 3.05) is 0 Å². The van der Waals surface area contributed by atoms with Crippen LogP contribution in [0.5, 0.6) is 0 Å². The van der Waals surface area contributed by atoms with E-state index in [0.29, 0.717) is 3.43 Å². The van der Waals surface area contributed by atoms with Crippen LogP contribution in [0.4, 0.5) is 0 Å². The van der Waals surface area contributed by atoms with Gasteiger partial charge in [-0.25, -0.2) is 0 Å². The Hall–Kier alpha value is 0.499. The molecule has 1 aromatic carbocycles.